The summed E-state index contributed by atoms with van der Waals surface area (Å²) in [7, 11) is 0. The van der Waals surface area contributed by atoms with Gasteiger partial charge in [0, 0.05) is 37.5 Å². The van der Waals surface area contributed by atoms with Crippen molar-refractivity contribution in [3.8, 4) is 5.75 Å². The third kappa shape index (κ3) is 8.00. The highest BCUT2D eigenvalue weighted by Crippen LogP contribution is 2.28. The average molecular weight is 516 g/mol. The molecule has 2 aliphatic rings. The fourth-order valence-corrected chi connectivity index (χ4v) is 3.05. The summed E-state index contributed by atoms with van der Waals surface area (Å²) in [5.74, 6) is 2.03. The fourth-order valence-electron chi connectivity index (χ4n) is 3.05. The number of amides is 1. The number of hydrogen-bond donors (Lipinski definition) is 3. The van der Waals surface area contributed by atoms with Crippen LogP contribution in [0.5, 0.6) is 5.75 Å². The van der Waals surface area contributed by atoms with E-state index in [1.165, 1.54) is 0 Å². The number of benzene rings is 1. The van der Waals surface area contributed by atoms with Gasteiger partial charge in [0.25, 0.3) is 0 Å². The summed E-state index contributed by atoms with van der Waals surface area (Å²) < 4.78 is 11.6. The molecule has 1 aliphatic heterocycles. The maximum Gasteiger partial charge on any atom is 0.223 e. The van der Waals surface area contributed by atoms with E-state index < -0.39 is 0 Å². The Hall–Kier alpha value is -1.55. The van der Waals surface area contributed by atoms with Crippen LogP contribution >= 0.6 is 24.0 Å². The number of carbonyl (C=O) groups excluding carboxylic acids is 1. The normalized spacial score (nSPS) is 18.7. The zero-order valence-corrected chi connectivity index (χ0v) is 19.7. The standard InChI is InChI=1S/C21H32N4O3.HI/c1-3-22-21(24-10-9-23-20(26)16-6-7-16)25-13-17-5-4-15(2)12-19(17)28-18-8-11-27-14-18;/h4-5,12,16,18H,3,6-11,13-14H2,1-2H3,(H,23,26)(H2,22,24,25);1H. The van der Waals surface area contributed by atoms with E-state index in [1.807, 2.05) is 6.92 Å². The fraction of sp³-hybridized carbons (Fsp3) is 0.619. The molecular weight excluding hydrogens is 483 g/mol. The lowest BCUT2D eigenvalue weighted by Crippen LogP contribution is -2.41. The Morgan fingerprint density at radius 2 is 2.00 bits per heavy atom. The molecule has 1 atom stereocenters. The second-order valence-corrected chi connectivity index (χ2v) is 7.40. The van der Waals surface area contributed by atoms with Crippen molar-refractivity contribution in [3.63, 3.8) is 0 Å². The van der Waals surface area contributed by atoms with Gasteiger partial charge in [-0.05, 0) is 38.3 Å². The van der Waals surface area contributed by atoms with Gasteiger partial charge in [0.05, 0.1) is 19.8 Å². The van der Waals surface area contributed by atoms with Crippen LogP contribution in [0.15, 0.2) is 23.2 Å². The summed E-state index contributed by atoms with van der Waals surface area (Å²) in [5, 5.41) is 9.47. The lowest BCUT2D eigenvalue weighted by molar-refractivity contribution is -0.122. The molecule has 7 nitrogen and oxygen atoms in total. The molecule has 1 aromatic rings. The van der Waals surface area contributed by atoms with Gasteiger partial charge in [0.2, 0.25) is 5.91 Å². The largest absolute Gasteiger partial charge is 0.488 e. The molecule has 1 saturated heterocycles. The Balaban J connectivity index is 0.00000300. The molecule has 1 saturated carbocycles. The third-order valence-electron chi connectivity index (χ3n) is 4.82. The Morgan fingerprint density at radius 3 is 2.69 bits per heavy atom. The van der Waals surface area contributed by atoms with Crippen molar-refractivity contribution in [1.29, 1.82) is 0 Å². The lowest BCUT2D eigenvalue weighted by atomic mass is 10.1. The number of ether oxygens (including phenoxy) is 2. The van der Waals surface area contributed by atoms with Gasteiger partial charge in [-0.25, -0.2) is 4.99 Å². The maximum atomic E-state index is 11.7. The zero-order valence-electron chi connectivity index (χ0n) is 17.3. The Morgan fingerprint density at radius 1 is 1.21 bits per heavy atom. The molecule has 2 fully saturated rings. The lowest BCUT2D eigenvalue weighted by Gasteiger charge is -2.16. The van der Waals surface area contributed by atoms with E-state index in [9.17, 15) is 4.79 Å². The number of nitrogens with zero attached hydrogens (tertiary/aromatic N) is 1. The van der Waals surface area contributed by atoms with E-state index in [0.29, 0.717) is 26.2 Å². The molecule has 0 radical (unpaired) electrons. The summed E-state index contributed by atoms with van der Waals surface area (Å²) in [6.45, 7) is 8.04. The highest BCUT2D eigenvalue weighted by atomic mass is 127. The van der Waals surface area contributed by atoms with E-state index in [0.717, 1.165) is 55.3 Å². The van der Waals surface area contributed by atoms with Crippen molar-refractivity contribution in [3.05, 3.63) is 29.3 Å². The third-order valence-corrected chi connectivity index (χ3v) is 4.82. The van der Waals surface area contributed by atoms with Crippen LogP contribution in [0, 0.1) is 12.8 Å². The molecule has 0 bridgehead atoms. The molecule has 29 heavy (non-hydrogen) atoms. The summed E-state index contributed by atoms with van der Waals surface area (Å²) in [5.41, 5.74) is 2.22. The van der Waals surface area contributed by atoms with E-state index in [4.69, 9.17) is 9.47 Å². The van der Waals surface area contributed by atoms with Gasteiger partial charge in [-0.2, -0.15) is 0 Å². The molecule has 3 rings (SSSR count). The van der Waals surface area contributed by atoms with Crippen molar-refractivity contribution >= 4 is 35.8 Å². The van der Waals surface area contributed by atoms with Crippen molar-refractivity contribution in [2.45, 2.75) is 45.8 Å². The minimum atomic E-state index is 0. The molecule has 0 spiro atoms. The highest BCUT2D eigenvalue weighted by molar-refractivity contribution is 14.0. The molecule has 1 unspecified atom stereocenters. The van der Waals surface area contributed by atoms with Crippen LogP contribution in [0.1, 0.15) is 37.3 Å². The van der Waals surface area contributed by atoms with Gasteiger partial charge < -0.3 is 25.4 Å². The van der Waals surface area contributed by atoms with Crippen LogP contribution in [0.2, 0.25) is 0 Å². The molecule has 8 heteroatoms. The summed E-state index contributed by atoms with van der Waals surface area (Å²) in [6, 6.07) is 6.22. The number of aliphatic imine (C=N–C) groups is 1. The molecule has 0 aromatic heterocycles. The molecule has 162 valence electrons. The predicted octanol–water partition coefficient (Wildman–Crippen LogP) is 2.36. The van der Waals surface area contributed by atoms with Gasteiger partial charge in [-0.15, -0.1) is 24.0 Å². The first kappa shape index (κ1) is 23.7. The predicted molar refractivity (Wildman–Crippen MR) is 125 cm³/mol. The summed E-state index contributed by atoms with van der Waals surface area (Å²) in [6.07, 6.45) is 3.09. The number of hydrogen-bond acceptors (Lipinski definition) is 4. The molecule has 1 aromatic carbocycles. The molecular formula is C21H33IN4O3. The summed E-state index contributed by atoms with van der Waals surface area (Å²) >= 11 is 0. The first-order valence-electron chi connectivity index (χ1n) is 10.3. The second kappa shape index (κ2) is 12.2. The number of nitrogens with one attached hydrogen (secondary N) is 3. The topological polar surface area (TPSA) is 84.0 Å². The van der Waals surface area contributed by atoms with Crippen molar-refractivity contribution in [2.24, 2.45) is 10.9 Å². The van der Waals surface area contributed by atoms with Crippen LogP contribution in [-0.4, -0.2) is 50.8 Å². The Labute approximate surface area is 190 Å². The first-order chi connectivity index (χ1) is 13.7. The summed E-state index contributed by atoms with van der Waals surface area (Å²) in [4.78, 5) is 16.4. The number of rotatable bonds is 9. The quantitative estimate of drug-likeness (QED) is 0.203. The highest BCUT2D eigenvalue weighted by Gasteiger charge is 2.29. The number of guanidine groups is 1. The van der Waals surface area contributed by atoms with E-state index >= 15 is 0 Å². The van der Waals surface area contributed by atoms with Gasteiger partial charge in [0.15, 0.2) is 5.96 Å². The number of halogens is 1. The minimum Gasteiger partial charge on any atom is -0.488 e. The van der Waals surface area contributed by atoms with Gasteiger partial charge >= 0.3 is 0 Å². The SMILES string of the molecule is CCNC(=NCc1ccc(C)cc1OC1CCOC1)NCCNC(=O)C1CC1.I. The maximum absolute atomic E-state index is 11.7. The zero-order chi connectivity index (χ0) is 19.8. The van der Waals surface area contributed by atoms with Crippen molar-refractivity contribution in [2.75, 3.05) is 32.8 Å². The van der Waals surface area contributed by atoms with Crippen molar-refractivity contribution in [1.82, 2.24) is 16.0 Å². The van der Waals surface area contributed by atoms with E-state index in [2.05, 4.69) is 46.1 Å². The molecule has 1 heterocycles. The Bertz CT molecular complexity index is 689. The van der Waals surface area contributed by atoms with Crippen LogP contribution in [0.3, 0.4) is 0 Å². The Kier molecular flexibility index (Phi) is 9.99. The van der Waals surface area contributed by atoms with Gasteiger partial charge in [-0.1, -0.05) is 12.1 Å². The van der Waals surface area contributed by atoms with Crippen LogP contribution in [0.4, 0.5) is 0 Å². The van der Waals surface area contributed by atoms with Crippen LogP contribution in [-0.2, 0) is 16.1 Å². The second-order valence-electron chi connectivity index (χ2n) is 7.40. The smallest absolute Gasteiger partial charge is 0.223 e. The number of aryl methyl sites for hydroxylation is 1. The average Bonchev–Trinajstić information content (AvgIpc) is 3.42. The minimum absolute atomic E-state index is 0. The first-order valence-corrected chi connectivity index (χ1v) is 10.3. The van der Waals surface area contributed by atoms with Crippen LogP contribution in [0.25, 0.3) is 0 Å². The molecule has 3 N–H and O–H groups in total. The van der Waals surface area contributed by atoms with Crippen molar-refractivity contribution < 1.29 is 14.3 Å². The molecule has 1 amide bonds. The van der Waals surface area contributed by atoms with E-state index in [-0.39, 0.29) is 41.9 Å². The van der Waals surface area contributed by atoms with E-state index in [1.54, 1.807) is 0 Å². The van der Waals surface area contributed by atoms with Gasteiger partial charge in [-0.3, -0.25) is 4.79 Å². The molecule has 1 aliphatic carbocycles. The van der Waals surface area contributed by atoms with Crippen LogP contribution < -0.4 is 20.7 Å². The van der Waals surface area contributed by atoms with Gasteiger partial charge in [0.1, 0.15) is 11.9 Å². The monoisotopic (exact) mass is 516 g/mol. The number of carbonyl (C=O) groups is 1.